The van der Waals surface area contributed by atoms with E-state index in [0.717, 1.165) is 50.5 Å². The van der Waals surface area contributed by atoms with E-state index in [1.165, 1.54) is 17.5 Å². The first-order chi connectivity index (χ1) is 16.3. The molecule has 1 aromatic carbocycles. The van der Waals surface area contributed by atoms with E-state index in [2.05, 4.69) is 70.5 Å². The van der Waals surface area contributed by atoms with E-state index in [1.54, 1.807) is 4.80 Å². The van der Waals surface area contributed by atoms with Gasteiger partial charge in [-0.15, -0.1) is 10.2 Å². The molecule has 0 bridgehead atoms. The number of tetrazole rings is 1. The summed E-state index contributed by atoms with van der Waals surface area (Å²) in [7, 11) is 0. The summed E-state index contributed by atoms with van der Waals surface area (Å²) in [6, 6.07) is 9.00. The van der Waals surface area contributed by atoms with E-state index in [-0.39, 0.29) is 22.9 Å². The minimum Gasteiger partial charge on any atom is -0.324 e. The second-order valence-electron chi connectivity index (χ2n) is 11.0. The average molecular weight is 462 g/mol. The van der Waals surface area contributed by atoms with Crippen LogP contribution in [0.4, 0.5) is 4.79 Å². The number of nitrogens with zero attached hydrogens (tertiary/aromatic N) is 8. The fourth-order valence-corrected chi connectivity index (χ4v) is 5.15. The van der Waals surface area contributed by atoms with Gasteiger partial charge in [-0.05, 0) is 56.4 Å². The Bertz CT molecular complexity index is 1170. The summed E-state index contributed by atoms with van der Waals surface area (Å²) in [6.45, 7) is 9.27. The first kappa shape index (κ1) is 21.2. The molecule has 2 aromatic heterocycles. The summed E-state index contributed by atoms with van der Waals surface area (Å²) in [6.07, 6.45) is 4.57. The fourth-order valence-electron chi connectivity index (χ4n) is 5.15. The average Bonchev–Trinajstić information content (AvgIpc) is 3.25. The number of aromatic nitrogens is 7. The van der Waals surface area contributed by atoms with Crippen molar-refractivity contribution in [3.63, 3.8) is 0 Å². The first-order valence-electron chi connectivity index (χ1n) is 12.1. The van der Waals surface area contributed by atoms with Gasteiger partial charge in [0.15, 0.2) is 5.82 Å². The number of nitrogens with one attached hydrogen (secondary N) is 1. The van der Waals surface area contributed by atoms with E-state index >= 15 is 0 Å². The highest BCUT2D eigenvalue weighted by Gasteiger charge is 2.50. The summed E-state index contributed by atoms with van der Waals surface area (Å²) in [5, 5.41) is 20.3. The largest absolute Gasteiger partial charge is 0.324 e. The standard InChI is InChI=1S/C24H31N9O/c1-23(2,3)33-29-21(28-30-33)24(9-10-24)19-6-4-16(5-7-19)18-13-32(14-18)22(34)31-11-8-17(12-31)20-25-15-26-27-20/h4-7,15,17-18H,8-14H2,1-3H3,(H,25,26,27)/t17-/m0/s1. The maximum Gasteiger partial charge on any atom is 0.320 e. The molecule has 0 spiro atoms. The number of hydrogen-bond acceptors (Lipinski definition) is 6. The lowest BCUT2D eigenvalue weighted by molar-refractivity contribution is 0.121. The van der Waals surface area contributed by atoms with E-state index < -0.39 is 0 Å². The third-order valence-electron chi connectivity index (χ3n) is 7.56. The molecule has 10 heteroatoms. The summed E-state index contributed by atoms with van der Waals surface area (Å²) < 4.78 is 0. The Morgan fingerprint density at radius 1 is 1.06 bits per heavy atom. The molecule has 0 radical (unpaired) electrons. The quantitative estimate of drug-likeness (QED) is 0.640. The topological polar surface area (TPSA) is 109 Å². The van der Waals surface area contributed by atoms with E-state index in [1.807, 2.05) is 9.80 Å². The normalized spacial score (nSPS) is 22.1. The molecule has 3 aromatic rings. The van der Waals surface area contributed by atoms with Crippen molar-refractivity contribution >= 4 is 6.03 Å². The third-order valence-corrected chi connectivity index (χ3v) is 7.56. The molecule has 6 rings (SSSR count). The Morgan fingerprint density at radius 3 is 2.41 bits per heavy atom. The van der Waals surface area contributed by atoms with Gasteiger partial charge in [0.05, 0.1) is 11.0 Å². The number of urea groups is 1. The van der Waals surface area contributed by atoms with Gasteiger partial charge < -0.3 is 9.80 Å². The second kappa shape index (κ2) is 7.61. The summed E-state index contributed by atoms with van der Waals surface area (Å²) in [5.41, 5.74) is 2.27. The summed E-state index contributed by atoms with van der Waals surface area (Å²) in [4.78, 5) is 22.8. The van der Waals surface area contributed by atoms with Crippen LogP contribution in [0.5, 0.6) is 0 Å². The van der Waals surface area contributed by atoms with Crippen molar-refractivity contribution in [3.8, 4) is 0 Å². The van der Waals surface area contributed by atoms with Crippen molar-refractivity contribution in [2.45, 2.75) is 62.8 Å². The SMILES string of the molecule is CC(C)(C)n1nnc(C2(c3ccc(C4CN(C(=O)N5CC[C@H](c6ncn[nH]6)C5)C4)cc3)CC2)n1. The number of aromatic amines is 1. The molecule has 0 unspecified atom stereocenters. The molecular weight excluding hydrogens is 430 g/mol. The Balaban J connectivity index is 1.07. The van der Waals surface area contributed by atoms with Gasteiger partial charge in [-0.3, -0.25) is 5.10 Å². The zero-order chi connectivity index (χ0) is 23.5. The monoisotopic (exact) mass is 461 g/mol. The molecular formula is C24H31N9O. The molecule has 3 fully saturated rings. The molecule has 4 heterocycles. The molecule has 178 valence electrons. The summed E-state index contributed by atoms with van der Waals surface area (Å²) >= 11 is 0. The highest BCUT2D eigenvalue weighted by atomic mass is 16.2. The van der Waals surface area contributed by atoms with E-state index in [4.69, 9.17) is 5.10 Å². The number of rotatable bonds is 4. The van der Waals surface area contributed by atoms with Crippen molar-refractivity contribution in [3.05, 3.63) is 53.4 Å². The van der Waals surface area contributed by atoms with Gasteiger partial charge >= 0.3 is 6.03 Å². The molecule has 10 nitrogen and oxygen atoms in total. The zero-order valence-electron chi connectivity index (χ0n) is 20.0. The van der Waals surface area contributed by atoms with Gasteiger partial charge in [-0.1, -0.05) is 24.3 Å². The van der Waals surface area contributed by atoms with Crippen LogP contribution in [-0.2, 0) is 11.0 Å². The third kappa shape index (κ3) is 3.56. The van der Waals surface area contributed by atoms with Gasteiger partial charge in [0.2, 0.25) is 0 Å². The van der Waals surface area contributed by atoms with Crippen molar-refractivity contribution in [2.75, 3.05) is 26.2 Å². The second-order valence-corrected chi connectivity index (χ2v) is 11.0. The highest BCUT2D eigenvalue weighted by Crippen LogP contribution is 2.52. The molecule has 1 N–H and O–H groups in total. The Morgan fingerprint density at radius 2 is 1.79 bits per heavy atom. The van der Waals surface area contributed by atoms with Crippen LogP contribution in [0.2, 0.25) is 0 Å². The first-order valence-corrected chi connectivity index (χ1v) is 12.1. The molecule has 1 aliphatic carbocycles. The number of H-pyrrole nitrogens is 1. The van der Waals surface area contributed by atoms with Gasteiger partial charge in [-0.2, -0.15) is 9.90 Å². The number of benzene rings is 1. The number of carbonyl (C=O) groups excluding carboxylic acids is 1. The van der Waals surface area contributed by atoms with Crippen LogP contribution in [0.25, 0.3) is 0 Å². The number of carbonyl (C=O) groups is 1. The van der Waals surface area contributed by atoms with Gasteiger partial charge in [0.1, 0.15) is 12.2 Å². The maximum atomic E-state index is 12.9. The van der Waals surface area contributed by atoms with Crippen LogP contribution in [0.15, 0.2) is 30.6 Å². The fraction of sp³-hybridized carbons (Fsp3) is 0.583. The molecule has 34 heavy (non-hydrogen) atoms. The molecule has 2 aliphatic heterocycles. The molecule has 2 amide bonds. The summed E-state index contributed by atoms with van der Waals surface area (Å²) in [5.74, 6) is 2.34. The van der Waals surface area contributed by atoms with Crippen LogP contribution in [0.1, 0.15) is 74.6 Å². The Hall–Kier alpha value is -3.30. The van der Waals surface area contributed by atoms with Crippen molar-refractivity contribution in [1.82, 2.24) is 45.2 Å². The van der Waals surface area contributed by atoms with E-state index in [9.17, 15) is 4.79 Å². The maximum absolute atomic E-state index is 12.9. The zero-order valence-corrected chi connectivity index (χ0v) is 20.0. The van der Waals surface area contributed by atoms with Crippen molar-refractivity contribution in [1.29, 1.82) is 0 Å². The lowest BCUT2D eigenvalue weighted by Gasteiger charge is -2.41. The van der Waals surface area contributed by atoms with Crippen LogP contribution < -0.4 is 0 Å². The highest BCUT2D eigenvalue weighted by molar-refractivity contribution is 5.76. The van der Waals surface area contributed by atoms with E-state index in [0.29, 0.717) is 12.5 Å². The van der Waals surface area contributed by atoms with Crippen molar-refractivity contribution in [2.24, 2.45) is 0 Å². The predicted octanol–water partition coefficient (Wildman–Crippen LogP) is 2.63. The minimum atomic E-state index is -0.176. The van der Waals surface area contributed by atoms with Gasteiger partial charge in [0, 0.05) is 38.0 Å². The Kier molecular flexibility index (Phi) is 4.76. The van der Waals surface area contributed by atoms with Gasteiger partial charge in [0.25, 0.3) is 0 Å². The number of hydrogen-bond donors (Lipinski definition) is 1. The van der Waals surface area contributed by atoms with Crippen LogP contribution >= 0.6 is 0 Å². The number of amides is 2. The lowest BCUT2D eigenvalue weighted by atomic mass is 9.88. The molecule has 2 saturated heterocycles. The van der Waals surface area contributed by atoms with Gasteiger partial charge in [-0.25, -0.2) is 9.78 Å². The minimum absolute atomic E-state index is 0.0978. The van der Waals surface area contributed by atoms with Crippen LogP contribution in [0.3, 0.4) is 0 Å². The molecule has 3 aliphatic rings. The molecule has 1 saturated carbocycles. The van der Waals surface area contributed by atoms with Crippen LogP contribution in [-0.4, -0.2) is 77.4 Å². The smallest absolute Gasteiger partial charge is 0.320 e. The lowest BCUT2D eigenvalue weighted by Crippen LogP contribution is -2.53. The molecule has 1 atom stereocenters. The number of likely N-dealkylation sites (tertiary alicyclic amines) is 2. The predicted molar refractivity (Wildman–Crippen MR) is 124 cm³/mol. The Labute approximate surface area is 198 Å². The van der Waals surface area contributed by atoms with Crippen LogP contribution in [0, 0.1) is 0 Å². The van der Waals surface area contributed by atoms with Crippen molar-refractivity contribution < 1.29 is 4.79 Å².